The van der Waals surface area contributed by atoms with E-state index in [1.165, 1.54) is 0 Å². The van der Waals surface area contributed by atoms with E-state index >= 15 is 0 Å². The molecule has 1 atom stereocenters. The first-order valence-corrected chi connectivity index (χ1v) is 10.6. The first kappa shape index (κ1) is 22.7. The second kappa shape index (κ2) is 10.3. The topological polar surface area (TPSA) is 72.1 Å². The number of rotatable bonds is 7. The molecule has 0 bridgehead atoms. The van der Waals surface area contributed by atoms with Crippen LogP contribution in [0.1, 0.15) is 34.5 Å². The number of fused-ring (bicyclic) bond motifs is 1. The lowest BCUT2D eigenvalue weighted by Gasteiger charge is -2.39. The van der Waals surface area contributed by atoms with Crippen molar-refractivity contribution in [1.82, 2.24) is 15.5 Å². The summed E-state index contributed by atoms with van der Waals surface area (Å²) in [5.74, 6) is 1.92. The van der Waals surface area contributed by atoms with Crippen LogP contribution < -0.4 is 24.8 Å². The number of methoxy groups -OCH3 is 3. The molecule has 0 saturated carbocycles. The van der Waals surface area contributed by atoms with Gasteiger partial charge in [-0.2, -0.15) is 0 Å². The second-order valence-electron chi connectivity index (χ2n) is 7.14. The van der Waals surface area contributed by atoms with Gasteiger partial charge in [-0.1, -0.05) is 0 Å². The first-order chi connectivity index (χ1) is 15.0. The Kier molecular flexibility index (Phi) is 7.57. The van der Waals surface area contributed by atoms with Crippen molar-refractivity contribution in [2.24, 2.45) is 0 Å². The van der Waals surface area contributed by atoms with Gasteiger partial charge >= 0.3 is 0 Å². The molecule has 0 aliphatic carbocycles. The summed E-state index contributed by atoms with van der Waals surface area (Å²) in [4.78, 5) is 14.9. The van der Waals surface area contributed by atoms with Crippen molar-refractivity contribution in [2.45, 2.75) is 19.4 Å². The molecule has 2 aromatic carbocycles. The van der Waals surface area contributed by atoms with E-state index < -0.39 is 0 Å². The minimum absolute atomic E-state index is 0.127. The molecule has 2 N–H and O–H groups in total. The van der Waals surface area contributed by atoms with Gasteiger partial charge in [0.05, 0.1) is 27.4 Å². The van der Waals surface area contributed by atoms with E-state index in [1.54, 1.807) is 45.6 Å². The molecule has 166 valence electrons. The van der Waals surface area contributed by atoms with Gasteiger partial charge in [0, 0.05) is 25.2 Å². The highest BCUT2D eigenvalue weighted by molar-refractivity contribution is 7.80. The van der Waals surface area contributed by atoms with Crippen LogP contribution in [0.5, 0.6) is 17.2 Å². The number of benzene rings is 2. The van der Waals surface area contributed by atoms with Crippen LogP contribution in [-0.4, -0.2) is 56.9 Å². The second-order valence-corrected chi connectivity index (χ2v) is 7.53. The summed E-state index contributed by atoms with van der Waals surface area (Å²) >= 11 is 5.62. The zero-order valence-corrected chi connectivity index (χ0v) is 19.2. The minimum Gasteiger partial charge on any atom is -0.497 e. The number of nitrogens with zero attached hydrogens (tertiary/aromatic N) is 1. The normalized spacial score (nSPS) is 15.0. The molecule has 2 aromatic rings. The zero-order valence-electron chi connectivity index (χ0n) is 18.4. The maximum absolute atomic E-state index is 12.8. The maximum Gasteiger partial charge on any atom is 0.251 e. The molecule has 1 aliphatic rings. The Morgan fingerprint density at radius 3 is 2.35 bits per heavy atom. The minimum atomic E-state index is -0.149. The van der Waals surface area contributed by atoms with Gasteiger partial charge in [-0.3, -0.25) is 4.79 Å². The van der Waals surface area contributed by atoms with Crippen LogP contribution >= 0.6 is 12.2 Å². The molecule has 3 rings (SSSR count). The van der Waals surface area contributed by atoms with Gasteiger partial charge in [0.1, 0.15) is 5.75 Å². The van der Waals surface area contributed by atoms with E-state index in [0.29, 0.717) is 34.5 Å². The summed E-state index contributed by atoms with van der Waals surface area (Å²) < 4.78 is 16.2. The third-order valence-corrected chi connectivity index (χ3v) is 5.78. The highest BCUT2D eigenvalue weighted by Crippen LogP contribution is 2.38. The van der Waals surface area contributed by atoms with Crippen LogP contribution in [0.15, 0.2) is 36.4 Å². The molecule has 31 heavy (non-hydrogen) atoms. The average molecular weight is 444 g/mol. The molecular weight excluding hydrogens is 414 g/mol. The Hall–Kier alpha value is -3.00. The van der Waals surface area contributed by atoms with E-state index in [2.05, 4.69) is 15.5 Å². The molecule has 0 aromatic heterocycles. The number of carbonyl (C=O) groups is 1. The molecule has 1 heterocycles. The molecule has 1 amide bonds. The fraction of sp³-hybridized carbons (Fsp3) is 0.391. The molecule has 1 unspecified atom stereocenters. The van der Waals surface area contributed by atoms with Crippen molar-refractivity contribution in [1.29, 1.82) is 0 Å². The van der Waals surface area contributed by atoms with Crippen molar-refractivity contribution in [3.63, 3.8) is 0 Å². The average Bonchev–Trinajstić information content (AvgIpc) is 2.81. The molecular formula is C23H29N3O4S. The van der Waals surface area contributed by atoms with E-state index in [0.717, 1.165) is 30.6 Å². The van der Waals surface area contributed by atoms with Crippen LogP contribution in [0.2, 0.25) is 0 Å². The van der Waals surface area contributed by atoms with Gasteiger partial charge in [0.2, 0.25) is 0 Å². The van der Waals surface area contributed by atoms with Crippen molar-refractivity contribution >= 4 is 23.2 Å². The number of ether oxygens (including phenoxy) is 3. The smallest absolute Gasteiger partial charge is 0.251 e. The summed E-state index contributed by atoms with van der Waals surface area (Å²) in [6.45, 7) is 3.90. The lowest BCUT2D eigenvalue weighted by Crippen LogP contribution is -2.48. The third-order valence-electron chi connectivity index (χ3n) is 5.40. The predicted octanol–water partition coefficient (Wildman–Crippen LogP) is 2.94. The van der Waals surface area contributed by atoms with Crippen molar-refractivity contribution in [3.8, 4) is 17.2 Å². The first-order valence-electron chi connectivity index (χ1n) is 10.2. The fourth-order valence-corrected chi connectivity index (χ4v) is 4.14. The summed E-state index contributed by atoms with van der Waals surface area (Å²) in [5, 5.41) is 6.97. The summed E-state index contributed by atoms with van der Waals surface area (Å²) in [6, 6.07) is 10.9. The summed E-state index contributed by atoms with van der Waals surface area (Å²) in [7, 11) is 4.85. The highest BCUT2D eigenvalue weighted by Gasteiger charge is 2.31. The number of amides is 1. The van der Waals surface area contributed by atoms with E-state index in [9.17, 15) is 4.79 Å². The number of hydrogen-bond acceptors (Lipinski definition) is 5. The summed E-state index contributed by atoms with van der Waals surface area (Å²) in [6.07, 6.45) is 0.824. The van der Waals surface area contributed by atoms with Crippen LogP contribution in [0, 0.1) is 0 Å². The Labute approximate surface area is 188 Å². The van der Waals surface area contributed by atoms with Crippen LogP contribution in [-0.2, 0) is 6.42 Å². The van der Waals surface area contributed by atoms with Gasteiger partial charge in [-0.05, 0) is 73.1 Å². The number of nitrogens with one attached hydrogen (secondary N) is 2. The largest absolute Gasteiger partial charge is 0.497 e. The standard InChI is InChI=1S/C23H29N3O4S/c1-5-24-23(31)26-11-10-16-12-20(29-3)21(30-4)13-18(16)19(26)14-25-22(27)15-6-8-17(28-2)9-7-15/h6-9,12-13,19H,5,10-11,14H2,1-4H3,(H,24,31)(H,25,27). The van der Waals surface area contributed by atoms with Crippen molar-refractivity contribution in [3.05, 3.63) is 53.1 Å². The van der Waals surface area contributed by atoms with Gasteiger partial charge in [-0.15, -0.1) is 0 Å². The Bertz CT molecular complexity index is 933. The fourth-order valence-electron chi connectivity index (χ4n) is 3.78. The summed E-state index contributed by atoms with van der Waals surface area (Å²) in [5.41, 5.74) is 2.81. The maximum atomic E-state index is 12.8. The molecule has 0 spiro atoms. The Morgan fingerprint density at radius 2 is 1.74 bits per heavy atom. The molecule has 1 aliphatic heterocycles. The number of hydrogen-bond donors (Lipinski definition) is 2. The number of carbonyl (C=O) groups excluding carboxylic acids is 1. The monoisotopic (exact) mass is 443 g/mol. The van der Waals surface area contributed by atoms with Gasteiger partial charge in [0.25, 0.3) is 5.91 Å². The molecule has 0 radical (unpaired) electrons. The van der Waals surface area contributed by atoms with E-state index in [1.807, 2.05) is 19.1 Å². The van der Waals surface area contributed by atoms with Gasteiger partial charge < -0.3 is 29.7 Å². The van der Waals surface area contributed by atoms with Gasteiger partial charge in [-0.25, -0.2) is 0 Å². The van der Waals surface area contributed by atoms with Crippen LogP contribution in [0.3, 0.4) is 0 Å². The Morgan fingerprint density at radius 1 is 1.06 bits per heavy atom. The Balaban J connectivity index is 1.87. The van der Waals surface area contributed by atoms with Crippen LogP contribution in [0.25, 0.3) is 0 Å². The van der Waals surface area contributed by atoms with Gasteiger partial charge in [0.15, 0.2) is 16.6 Å². The predicted molar refractivity (Wildman–Crippen MR) is 124 cm³/mol. The van der Waals surface area contributed by atoms with Crippen molar-refractivity contribution < 1.29 is 19.0 Å². The molecule has 7 nitrogen and oxygen atoms in total. The number of thiocarbonyl (C=S) groups is 1. The highest BCUT2D eigenvalue weighted by atomic mass is 32.1. The lowest BCUT2D eigenvalue weighted by atomic mass is 9.92. The van der Waals surface area contributed by atoms with E-state index in [-0.39, 0.29) is 11.9 Å². The third kappa shape index (κ3) is 5.02. The zero-order chi connectivity index (χ0) is 22.4. The SMILES string of the molecule is CCNC(=S)N1CCc2cc(OC)c(OC)cc2C1CNC(=O)c1ccc(OC)cc1. The van der Waals surface area contributed by atoms with Crippen LogP contribution in [0.4, 0.5) is 0 Å². The molecule has 0 saturated heterocycles. The molecule has 0 fully saturated rings. The van der Waals surface area contributed by atoms with E-state index in [4.69, 9.17) is 26.4 Å². The quantitative estimate of drug-likeness (QED) is 0.638. The van der Waals surface area contributed by atoms with Crippen molar-refractivity contribution in [2.75, 3.05) is 41.0 Å². The molecule has 8 heteroatoms. The lowest BCUT2D eigenvalue weighted by molar-refractivity contribution is 0.0942.